The number of hydrogen-bond donors (Lipinski definition) is 0. The highest BCUT2D eigenvalue weighted by Crippen LogP contribution is 2.66. The number of benzene rings is 3. The Morgan fingerprint density at radius 1 is 0.696 bits per heavy atom. The van der Waals surface area contributed by atoms with Crippen molar-refractivity contribution in [2.24, 2.45) is 0 Å². The van der Waals surface area contributed by atoms with Gasteiger partial charge in [0.15, 0.2) is 0 Å². The number of ether oxygens (including phenoxy) is 1. The van der Waals surface area contributed by atoms with Crippen molar-refractivity contribution in [2.75, 3.05) is 13.4 Å². The molecule has 0 radical (unpaired) electrons. The molecule has 1 atom stereocenters. The molecule has 0 aromatic heterocycles. The number of aryl methyl sites for hydroxylation is 1. The van der Waals surface area contributed by atoms with E-state index in [-0.39, 0.29) is 0 Å². The van der Waals surface area contributed by atoms with Gasteiger partial charge in [-0.2, -0.15) is 10.0 Å². The first-order valence-corrected chi connectivity index (χ1v) is 9.73. The highest BCUT2D eigenvalue weighted by atomic mass is 32.3. The normalized spacial score (nSPS) is 14.7. The van der Waals surface area contributed by atoms with Crippen LogP contribution in [-0.2, 0) is 0 Å². The lowest BCUT2D eigenvalue weighted by Gasteiger charge is -2.38. The van der Waals surface area contributed by atoms with Crippen LogP contribution in [0, 0.1) is 6.92 Å². The maximum absolute atomic E-state index is 5.33. The lowest BCUT2D eigenvalue weighted by Crippen LogP contribution is -2.03. The van der Waals surface area contributed by atoms with E-state index in [2.05, 4.69) is 92.0 Å². The third-order valence-corrected chi connectivity index (χ3v) is 8.05. The molecule has 0 aliphatic rings. The largest absolute Gasteiger partial charge is 0.497 e. The van der Waals surface area contributed by atoms with E-state index in [4.69, 9.17) is 4.74 Å². The van der Waals surface area contributed by atoms with Gasteiger partial charge in [-0.05, 0) is 71.0 Å². The summed E-state index contributed by atoms with van der Waals surface area (Å²) in [6.07, 6.45) is 2.38. The first kappa shape index (κ1) is 15.7. The Morgan fingerprint density at radius 2 is 1.26 bits per heavy atom. The molecule has 23 heavy (non-hydrogen) atoms. The predicted octanol–water partition coefficient (Wildman–Crippen LogP) is 5.92. The second kappa shape index (κ2) is 6.51. The first-order valence-electron chi connectivity index (χ1n) is 7.69. The van der Waals surface area contributed by atoms with Crippen molar-refractivity contribution < 1.29 is 4.74 Å². The molecule has 1 unspecified atom stereocenters. The SMILES string of the molecule is COc1ccc(S(C)(c2ccccc2)c2ccccc2C)cc1. The number of rotatable bonds is 4. The fourth-order valence-electron chi connectivity index (χ4n) is 2.95. The maximum atomic E-state index is 5.33. The van der Waals surface area contributed by atoms with Gasteiger partial charge in [0.1, 0.15) is 5.75 Å². The second-order valence-corrected chi connectivity index (χ2v) is 8.89. The highest BCUT2D eigenvalue weighted by Gasteiger charge is 2.26. The third kappa shape index (κ3) is 2.87. The molecule has 0 fully saturated rings. The molecule has 0 spiro atoms. The maximum Gasteiger partial charge on any atom is 0.118 e. The van der Waals surface area contributed by atoms with E-state index in [0.717, 1.165) is 5.75 Å². The van der Waals surface area contributed by atoms with Crippen LogP contribution in [0.25, 0.3) is 0 Å². The van der Waals surface area contributed by atoms with Gasteiger partial charge in [0.2, 0.25) is 0 Å². The summed E-state index contributed by atoms with van der Waals surface area (Å²) in [6.45, 7) is 2.20. The quantitative estimate of drug-likeness (QED) is 0.580. The minimum Gasteiger partial charge on any atom is -0.497 e. The standard InChI is InChI=1S/C21H22OS/c1-17-9-7-8-12-21(17)23(3,19-10-5-4-6-11-19)20-15-13-18(22-2)14-16-20/h4-16H,1-3H3. The van der Waals surface area contributed by atoms with E-state index < -0.39 is 10.0 Å². The van der Waals surface area contributed by atoms with Gasteiger partial charge in [0.05, 0.1) is 7.11 Å². The highest BCUT2D eigenvalue weighted by molar-refractivity contribution is 8.33. The molecule has 0 aliphatic carbocycles. The summed E-state index contributed by atoms with van der Waals surface area (Å²) in [6, 6.07) is 28.1. The van der Waals surface area contributed by atoms with Gasteiger partial charge in [0, 0.05) is 4.90 Å². The van der Waals surface area contributed by atoms with Crippen molar-refractivity contribution in [3.8, 4) is 5.75 Å². The number of methoxy groups -OCH3 is 1. The van der Waals surface area contributed by atoms with Crippen LogP contribution >= 0.6 is 10.0 Å². The van der Waals surface area contributed by atoms with Gasteiger partial charge in [-0.1, -0.05) is 36.4 Å². The summed E-state index contributed by atoms with van der Waals surface area (Å²) in [5.41, 5.74) is 1.34. The van der Waals surface area contributed by atoms with Gasteiger partial charge in [-0.15, -0.1) is 0 Å². The van der Waals surface area contributed by atoms with Gasteiger partial charge >= 0.3 is 0 Å². The van der Waals surface area contributed by atoms with Crippen LogP contribution in [0.5, 0.6) is 5.75 Å². The smallest absolute Gasteiger partial charge is 0.118 e. The molecule has 0 N–H and O–H groups in total. The Morgan fingerprint density at radius 3 is 1.87 bits per heavy atom. The molecule has 0 aliphatic heterocycles. The summed E-state index contributed by atoms with van der Waals surface area (Å²) >= 11 is 0. The second-order valence-electron chi connectivity index (χ2n) is 5.67. The Hall–Kier alpha value is -2.19. The van der Waals surface area contributed by atoms with Gasteiger partial charge in [0.25, 0.3) is 0 Å². The van der Waals surface area contributed by atoms with Crippen LogP contribution < -0.4 is 4.74 Å². The molecule has 1 nitrogen and oxygen atoms in total. The lowest BCUT2D eigenvalue weighted by atomic mass is 10.2. The predicted molar refractivity (Wildman–Crippen MR) is 98.9 cm³/mol. The fourth-order valence-corrected chi connectivity index (χ4v) is 6.17. The average Bonchev–Trinajstić information content (AvgIpc) is 2.62. The van der Waals surface area contributed by atoms with E-state index in [0.29, 0.717) is 0 Å². The van der Waals surface area contributed by atoms with Gasteiger partial charge in [-0.25, -0.2) is 0 Å². The summed E-state index contributed by atoms with van der Waals surface area (Å²) < 4.78 is 5.33. The molecule has 3 aromatic rings. The molecule has 3 rings (SSSR count). The van der Waals surface area contributed by atoms with E-state index in [1.807, 2.05) is 0 Å². The molecular formula is C21H22OS. The zero-order valence-electron chi connectivity index (χ0n) is 13.8. The Labute approximate surface area is 140 Å². The minimum absolute atomic E-state index is 0.897. The van der Waals surface area contributed by atoms with E-state index in [9.17, 15) is 0 Å². The van der Waals surface area contributed by atoms with Gasteiger partial charge in [-0.3, -0.25) is 0 Å². The Balaban J connectivity index is 2.23. The molecule has 0 amide bonds. The third-order valence-electron chi connectivity index (χ3n) is 4.28. The van der Waals surface area contributed by atoms with Crippen molar-refractivity contribution in [2.45, 2.75) is 21.6 Å². The first-order chi connectivity index (χ1) is 11.2. The molecular weight excluding hydrogens is 300 g/mol. The molecule has 0 saturated heterocycles. The minimum atomic E-state index is -1.29. The van der Waals surface area contributed by atoms with Gasteiger partial charge < -0.3 is 4.74 Å². The number of hydrogen-bond acceptors (Lipinski definition) is 1. The topological polar surface area (TPSA) is 9.23 Å². The molecule has 118 valence electrons. The van der Waals surface area contributed by atoms with Crippen LogP contribution in [0.3, 0.4) is 0 Å². The molecule has 3 aromatic carbocycles. The summed E-state index contributed by atoms with van der Waals surface area (Å²) in [4.78, 5) is 4.13. The monoisotopic (exact) mass is 322 g/mol. The molecule has 0 heterocycles. The van der Waals surface area contributed by atoms with Crippen molar-refractivity contribution in [1.82, 2.24) is 0 Å². The van der Waals surface area contributed by atoms with Crippen LogP contribution in [0.4, 0.5) is 0 Å². The zero-order chi connectivity index (χ0) is 16.3. The lowest BCUT2D eigenvalue weighted by molar-refractivity contribution is 0.414. The molecule has 2 heteroatoms. The van der Waals surface area contributed by atoms with Crippen LogP contribution in [-0.4, -0.2) is 13.4 Å². The van der Waals surface area contributed by atoms with Crippen LogP contribution in [0.2, 0.25) is 0 Å². The van der Waals surface area contributed by atoms with Crippen LogP contribution in [0.15, 0.2) is 93.5 Å². The Bertz CT molecular complexity index is 780. The Kier molecular flexibility index (Phi) is 4.44. The van der Waals surface area contributed by atoms with Crippen molar-refractivity contribution in [3.63, 3.8) is 0 Å². The van der Waals surface area contributed by atoms with Crippen molar-refractivity contribution >= 4 is 10.0 Å². The summed E-state index contributed by atoms with van der Waals surface area (Å²) in [5, 5.41) is 0. The van der Waals surface area contributed by atoms with Crippen LogP contribution in [0.1, 0.15) is 5.56 Å². The van der Waals surface area contributed by atoms with E-state index >= 15 is 0 Å². The average molecular weight is 322 g/mol. The van der Waals surface area contributed by atoms with E-state index in [1.165, 1.54) is 20.2 Å². The molecule has 0 saturated carbocycles. The summed E-state index contributed by atoms with van der Waals surface area (Å²) in [5.74, 6) is 0.897. The molecule has 0 bridgehead atoms. The van der Waals surface area contributed by atoms with Crippen molar-refractivity contribution in [1.29, 1.82) is 0 Å². The fraction of sp³-hybridized carbons (Fsp3) is 0.143. The van der Waals surface area contributed by atoms with E-state index in [1.54, 1.807) is 7.11 Å². The zero-order valence-corrected chi connectivity index (χ0v) is 14.6. The summed E-state index contributed by atoms with van der Waals surface area (Å²) in [7, 11) is 0.422. The van der Waals surface area contributed by atoms with Crippen molar-refractivity contribution in [3.05, 3.63) is 84.4 Å².